The number of carbonyl (C=O) groups excluding carboxylic acids is 1. The standard InChI is InChI=1S/C13H13ClFN5O3S/c14-10-6-24(22,23)7-11(10)16-12(21)5-20-18-13(17-19-20)8-1-3-9(15)4-2-8/h1-4,10-11H,5-7H2,(H,16,21)/t10-,11+/m1/s1. The molecule has 1 aliphatic rings. The van der Waals surface area contributed by atoms with Crippen LogP contribution < -0.4 is 5.32 Å². The SMILES string of the molecule is O=C(Cn1nnc(-c2ccc(F)cc2)n1)N[C@H]1CS(=O)(=O)C[C@H]1Cl. The second-order valence-corrected chi connectivity index (χ2v) is 8.13. The van der Waals surface area contributed by atoms with Crippen LogP contribution in [0.4, 0.5) is 4.39 Å². The van der Waals surface area contributed by atoms with Crippen molar-refractivity contribution in [2.75, 3.05) is 11.5 Å². The van der Waals surface area contributed by atoms with Gasteiger partial charge in [-0.1, -0.05) is 0 Å². The highest BCUT2D eigenvalue weighted by Gasteiger charge is 2.37. The number of alkyl halides is 1. The predicted octanol–water partition coefficient (Wildman–Crippen LogP) is -0.000200. The highest BCUT2D eigenvalue weighted by Crippen LogP contribution is 2.18. The molecular formula is C13H13ClFN5O3S. The molecule has 1 N–H and O–H groups in total. The third kappa shape index (κ3) is 3.88. The van der Waals surface area contributed by atoms with Crippen LogP contribution in [0.1, 0.15) is 0 Å². The normalized spacial score (nSPS) is 22.4. The van der Waals surface area contributed by atoms with E-state index in [9.17, 15) is 17.6 Å². The summed E-state index contributed by atoms with van der Waals surface area (Å²) in [6, 6.07) is 4.90. The molecule has 128 valence electrons. The molecule has 1 aromatic heterocycles. The van der Waals surface area contributed by atoms with Crippen LogP contribution in [0.5, 0.6) is 0 Å². The number of nitrogens with zero attached hydrogens (tertiary/aromatic N) is 4. The molecule has 8 nitrogen and oxygen atoms in total. The third-order valence-corrected chi connectivity index (χ3v) is 5.85. The van der Waals surface area contributed by atoms with Crippen LogP contribution in [-0.2, 0) is 21.2 Å². The number of aromatic nitrogens is 4. The Morgan fingerprint density at radius 1 is 1.33 bits per heavy atom. The number of halogens is 2. The van der Waals surface area contributed by atoms with Gasteiger partial charge in [-0.3, -0.25) is 4.79 Å². The van der Waals surface area contributed by atoms with E-state index in [4.69, 9.17) is 11.6 Å². The molecule has 0 unspecified atom stereocenters. The molecule has 0 aliphatic carbocycles. The van der Waals surface area contributed by atoms with Crippen molar-refractivity contribution in [1.29, 1.82) is 0 Å². The van der Waals surface area contributed by atoms with Crippen LogP contribution in [0.3, 0.4) is 0 Å². The largest absolute Gasteiger partial charge is 0.349 e. The molecule has 1 fully saturated rings. The second kappa shape index (κ2) is 6.44. The van der Waals surface area contributed by atoms with Crippen molar-refractivity contribution in [3.8, 4) is 11.4 Å². The lowest BCUT2D eigenvalue weighted by atomic mass is 10.2. The topological polar surface area (TPSA) is 107 Å². The quantitative estimate of drug-likeness (QED) is 0.756. The average molecular weight is 374 g/mol. The van der Waals surface area contributed by atoms with Gasteiger partial charge in [-0.15, -0.1) is 21.8 Å². The number of hydrogen-bond donors (Lipinski definition) is 1. The lowest BCUT2D eigenvalue weighted by Gasteiger charge is -2.13. The molecule has 1 saturated heterocycles. The fraction of sp³-hybridized carbons (Fsp3) is 0.385. The highest BCUT2D eigenvalue weighted by molar-refractivity contribution is 7.91. The summed E-state index contributed by atoms with van der Waals surface area (Å²) >= 11 is 5.93. The molecule has 24 heavy (non-hydrogen) atoms. The maximum absolute atomic E-state index is 12.9. The van der Waals surface area contributed by atoms with Gasteiger partial charge in [0.05, 0.1) is 22.9 Å². The molecule has 0 bridgehead atoms. The van der Waals surface area contributed by atoms with Gasteiger partial charge in [-0.05, 0) is 29.5 Å². The summed E-state index contributed by atoms with van der Waals surface area (Å²) in [4.78, 5) is 13.0. The van der Waals surface area contributed by atoms with Gasteiger partial charge < -0.3 is 5.32 Å². The lowest BCUT2D eigenvalue weighted by molar-refractivity contribution is -0.122. The molecule has 1 amide bonds. The Labute approximate surface area is 141 Å². The number of rotatable bonds is 4. The molecule has 1 aromatic carbocycles. The Balaban J connectivity index is 1.62. The first kappa shape index (κ1) is 16.8. The van der Waals surface area contributed by atoms with Gasteiger partial charge in [-0.2, -0.15) is 4.80 Å². The summed E-state index contributed by atoms with van der Waals surface area (Å²) in [5.74, 6) is -0.936. The van der Waals surface area contributed by atoms with E-state index in [0.29, 0.717) is 5.56 Å². The predicted molar refractivity (Wildman–Crippen MR) is 83.4 cm³/mol. The zero-order valence-electron chi connectivity index (χ0n) is 12.3. The zero-order valence-corrected chi connectivity index (χ0v) is 13.8. The molecule has 0 saturated carbocycles. The van der Waals surface area contributed by atoms with Crippen molar-refractivity contribution in [2.45, 2.75) is 18.0 Å². The van der Waals surface area contributed by atoms with Crippen LogP contribution in [0.2, 0.25) is 0 Å². The summed E-state index contributed by atoms with van der Waals surface area (Å²) in [6.45, 7) is -0.228. The third-order valence-electron chi connectivity index (χ3n) is 3.47. The van der Waals surface area contributed by atoms with E-state index in [1.807, 2.05) is 0 Å². The van der Waals surface area contributed by atoms with Crippen molar-refractivity contribution < 1.29 is 17.6 Å². The van der Waals surface area contributed by atoms with E-state index in [1.165, 1.54) is 24.3 Å². The molecule has 3 rings (SSSR count). The average Bonchev–Trinajstić information content (AvgIpc) is 3.04. The van der Waals surface area contributed by atoms with Crippen LogP contribution in [0.15, 0.2) is 24.3 Å². The number of carbonyl (C=O) groups is 1. The summed E-state index contributed by atoms with van der Waals surface area (Å²) < 4.78 is 35.8. The lowest BCUT2D eigenvalue weighted by Crippen LogP contribution is -2.42. The van der Waals surface area contributed by atoms with Gasteiger partial charge in [0.25, 0.3) is 0 Å². The van der Waals surface area contributed by atoms with Crippen molar-refractivity contribution in [3.63, 3.8) is 0 Å². The molecular weight excluding hydrogens is 361 g/mol. The number of hydrogen-bond acceptors (Lipinski definition) is 6. The van der Waals surface area contributed by atoms with E-state index in [-0.39, 0.29) is 29.7 Å². The zero-order chi connectivity index (χ0) is 17.3. The Morgan fingerprint density at radius 2 is 2.04 bits per heavy atom. The van der Waals surface area contributed by atoms with E-state index in [2.05, 4.69) is 20.7 Å². The number of amides is 1. The van der Waals surface area contributed by atoms with Crippen molar-refractivity contribution in [1.82, 2.24) is 25.5 Å². The first-order valence-corrected chi connectivity index (χ1v) is 9.26. The fourth-order valence-corrected chi connectivity index (χ4v) is 4.89. The van der Waals surface area contributed by atoms with Gasteiger partial charge in [0.15, 0.2) is 9.84 Å². The first-order chi connectivity index (χ1) is 11.3. The maximum Gasteiger partial charge on any atom is 0.243 e. The maximum atomic E-state index is 12.9. The van der Waals surface area contributed by atoms with Crippen molar-refractivity contribution >= 4 is 27.3 Å². The Hall–Kier alpha value is -2.07. The fourth-order valence-electron chi connectivity index (χ4n) is 2.34. The summed E-state index contributed by atoms with van der Waals surface area (Å²) in [7, 11) is -3.23. The van der Waals surface area contributed by atoms with E-state index < -0.39 is 27.2 Å². The minimum Gasteiger partial charge on any atom is -0.349 e. The number of sulfone groups is 1. The van der Waals surface area contributed by atoms with Crippen molar-refractivity contribution in [2.24, 2.45) is 0 Å². The Morgan fingerprint density at radius 3 is 2.67 bits per heavy atom. The number of benzene rings is 1. The van der Waals surface area contributed by atoms with E-state index in [1.54, 1.807) is 0 Å². The molecule has 2 aromatic rings. The first-order valence-electron chi connectivity index (χ1n) is 7.00. The molecule has 2 atom stereocenters. The van der Waals surface area contributed by atoms with Gasteiger partial charge in [0, 0.05) is 5.56 Å². The van der Waals surface area contributed by atoms with Crippen LogP contribution >= 0.6 is 11.6 Å². The minimum absolute atomic E-state index is 0.157. The summed E-state index contributed by atoms with van der Waals surface area (Å²) in [5, 5.41) is 13.5. The number of nitrogens with one attached hydrogen (secondary N) is 1. The van der Waals surface area contributed by atoms with E-state index in [0.717, 1.165) is 4.80 Å². The minimum atomic E-state index is -3.23. The van der Waals surface area contributed by atoms with Gasteiger partial charge in [0.1, 0.15) is 12.4 Å². The molecule has 2 heterocycles. The highest BCUT2D eigenvalue weighted by atomic mass is 35.5. The van der Waals surface area contributed by atoms with Gasteiger partial charge in [0.2, 0.25) is 11.7 Å². The molecule has 11 heteroatoms. The monoisotopic (exact) mass is 373 g/mol. The van der Waals surface area contributed by atoms with Crippen LogP contribution in [-0.4, -0.2) is 57.5 Å². The van der Waals surface area contributed by atoms with E-state index >= 15 is 0 Å². The van der Waals surface area contributed by atoms with Crippen LogP contribution in [0.25, 0.3) is 11.4 Å². The molecule has 1 aliphatic heterocycles. The smallest absolute Gasteiger partial charge is 0.243 e. The Kier molecular flexibility index (Phi) is 4.50. The van der Waals surface area contributed by atoms with Gasteiger partial charge in [-0.25, -0.2) is 12.8 Å². The van der Waals surface area contributed by atoms with Crippen molar-refractivity contribution in [3.05, 3.63) is 30.1 Å². The second-order valence-electron chi connectivity index (χ2n) is 5.42. The van der Waals surface area contributed by atoms with Crippen LogP contribution in [0, 0.1) is 5.82 Å². The summed E-state index contributed by atoms with van der Waals surface area (Å²) in [6.07, 6.45) is 0. The Bertz CT molecular complexity index is 855. The number of tetrazole rings is 1. The molecule has 0 spiro atoms. The summed E-state index contributed by atoms with van der Waals surface area (Å²) in [5.41, 5.74) is 0.561. The van der Waals surface area contributed by atoms with Gasteiger partial charge >= 0.3 is 0 Å². The molecule has 0 radical (unpaired) electrons.